The molecule has 0 aliphatic carbocycles. The number of anilines is 1. The van der Waals surface area contributed by atoms with Crippen LogP contribution >= 0.6 is 0 Å². The third-order valence-corrected chi connectivity index (χ3v) is 4.17. The van der Waals surface area contributed by atoms with Crippen LogP contribution in [0.3, 0.4) is 0 Å². The number of para-hydroxylation sites is 1. The molecule has 24 heavy (non-hydrogen) atoms. The van der Waals surface area contributed by atoms with Crippen molar-refractivity contribution >= 4 is 15.7 Å². The number of hydrogen-bond acceptors (Lipinski definition) is 2. The second-order valence-corrected chi connectivity index (χ2v) is 6.31. The Balaban J connectivity index is 2.56. The molecule has 1 radical (unpaired) electrons. The molecule has 0 saturated carbocycles. The molecule has 0 fully saturated rings. The first-order valence-corrected chi connectivity index (χ1v) is 7.67. The summed E-state index contributed by atoms with van der Waals surface area (Å²) in [7, 11) is -4.66. The minimum atomic E-state index is -5.13. The van der Waals surface area contributed by atoms with Crippen molar-refractivity contribution in [1.29, 1.82) is 0 Å². The second-order valence-electron chi connectivity index (χ2n) is 4.62. The minimum Gasteiger partial charge on any atom is -0.279 e. The molecular formula is C14H8F6NO2S. The lowest BCUT2D eigenvalue weighted by atomic mass is 10.1. The lowest BCUT2D eigenvalue weighted by Crippen LogP contribution is -2.17. The molecule has 0 bridgehead atoms. The summed E-state index contributed by atoms with van der Waals surface area (Å²) in [5.41, 5.74) is -3.55. The quantitative estimate of drug-likeness (QED) is 0.820. The Bertz CT molecular complexity index is 796. The molecule has 0 unspecified atom stereocenters. The van der Waals surface area contributed by atoms with Crippen LogP contribution in [0.5, 0.6) is 0 Å². The smallest absolute Gasteiger partial charge is 0.279 e. The first-order chi connectivity index (χ1) is 10.9. The van der Waals surface area contributed by atoms with Crippen molar-refractivity contribution in [3.05, 3.63) is 59.7 Å². The molecule has 1 N–H and O–H groups in total. The molecule has 0 aromatic heterocycles. The largest absolute Gasteiger partial charge is 0.416 e. The Morgan fingerprint density at radius 3 is 1.83 bits per heavy atom. The third-order valence-electron chi connectivity index (χ3n) is 2.82. The van der Waals surface area contributed by atoms with Gasteiger partial charge in [0, 0.05) is 6.07 Å². The van der Waals surface area contributed by atoms with E-state index < -0.39 is 38.4 Å². The van der Waals surface area contributed by atoms with Gasteiger partial charge in [-0.25, -0.2) is 8.42 Å². The van der Waals surface area contributed by atoms with Gasteiger partial charge < -0.3 is 0 Å². The van der Waals surface area contributed by atoms with Gasteiger partial charge in [-0.05, 0) is 24.3 Å². The number of hydrogen-bond donors (Lipinski definition) is 1. The lowest BCUT2D eigenvalue weighted by molar-refractivity contribution is -0.143. The lowest BCUT2D eigenvalue weighted by Gasteiger charge is -2.15. The summed E-state index contributed by atoms with van der Waals surface area (Å²) in [6.07, 6.45) is -10.3. The van der Waals surface area contributed by atoms with Crippen molar-refractivity contribution in [1.82, 2.24) is 0 Å². The van der Waals surface area contributed by atoms with E-state index in [-0.39, 0.29) is 23.9 Å². The Kier molecular flexibility index (Phi) is 4.53. The second kappa shape index (κ2) is 6.00. The fourth-order valence-electron chi connectivity index (χ4n) is 1.74. The predicted octanol–water partition coefficient (Wildman–Crippen LogP) is 4.33. The van der Waals surface area contributed by atoms with Crippen molar-refractivity contribution in [3.63, 3.8) is 0 Å². The molecule has 0 aliphatic rings. The number of halogens is 6. The zero-order chi connectivity index (χ0) is 18.2. The van der Waals surface area contributed by atoms with Gasteiger partial charge in [-0.3, -0.25) is 4.72 Å². The van der Waals surface area contributed by atoms with Gasteiger partial charge in [0.1, 0.15) is 0 Å². The Morgan fingerprint density at radius 2 is 1.42 bits per heavy atom. The SMILES string of the molecule is O=S(=O)(Nc1[c]cccc1)c1cc(C(F)(F)F)cc(C(F)(F)F)c1. The van der Waals surface area contributed by atoms with Gasteiger partial charge in [-0.1, -0.05) is 18.2 Å². The molecule has 2 aromatic rings. The molecule has 0 aliphatic heterocycles. The fraction of sp³-hybridized carbons (Fsp3) is 0.143. The van der Waals surface area contributed by atoms with Crippen molar-refractivity contribution in [3.8, 4) is 0 Å². The normalized spacial score (nSPS) is 12.9. The molecule has 3 nitrogen and oxygen atoms in total. The topological polar surface area (TPSA) is 46.2 Å². The molecular weight excluding hydrogens is 360 g/mol. The number of nitrogens with one attached hydrogen (secondary N) is 1. The number of benzene rings is 2. The molecule has 0 heterocycles. The zero-order valence-electron chi connectivity index (χ0n) is 11.5. The van der Waals surface area contributed by atoms with Crippen molar-refractivity contribution in [2.75, 3.05) is 4.72 Å². The first-order valence-electron chi connectivity index (χ1n) is 6.18. The molecule has 0 spiro atoms. The van der Waals surface area contributed by atoms with Gasteiger partial charge in [-0.15, -0.1) is 0 Å². The summed E-state index contributed by atoms with van der Waals surface area (Å²) < 4.78 is 103. The van der Waals surface area contributed by atoms with Gasteiger partial charge in [-0.2, -0.15) is 26.3 Å². The molecule has 129 valence electrons. The Labute approximate surface area is 133 Å². The summed E-state index contributed by atoms with van der Waals surface area (Å²) >= 11 is 0. The molecule has 10 heteroatoms. The van der Waals surface area contributed by atoms with E-state index in [0.717, 1.165) is 0 Å². The van der Waals surface area contributed by atoms with E-state index in [2.05, 4.69) is 6.07 Å². The standard InChI is InChI=1S/C14H8F6NO2S/c15-13(16,17)9-6-10(14(18,19)20)8-12(7-9)24(22,23)21-11-4-2-1-3-5-11/h1-4,6-8,21H. The summed E-state index contributed by atoms with van der Waals surface area (Å²) in [6.45, 7) is 0. The molecule has 0 saturated heterocycles. The average molecular weight is 368 g/mol. The van der Waals surface area contributed by atoms with E-state index in [1.165, 1.54) is 24.3 Å². The maximum absolute atomic E-state index is 12.8. The summed E-state index contributed by atoms with van der Waals surface area (Å²) in [4.78, 5) is -1.15. The van der Waals surface area contributed by atoms with E-state index in [1.807, 2.05) is 4.72 Å². The van der Waals surface area contributed by atoms with Crippen LogP contribution in [0.15, 0.2) is 47.4 Å². The van der Waals surface area contributed by atoms with Crippen LogP contribution in [0.4, 0.5) is 32.0 Å². The molecule has 0 atom stereocenters. The van der Waals surface area contributed by atoms with Gasteiger partial charge in [0.05, 0.1) is 21.7 Å². The van der Waals surface area contributed by atoms with Crippen molar-refractivity contribution in [2.24, 2.45) is 0 Å². The predicted molar refractivity (Wildman–Crippen MR) is 72.5 cm³/mol. The summed E-state index contributed by atoms with van der Waals surface area (Å²) in [5, 5.41) is 0. The van der Waals surface area contributed by atoms with Gasteiger partial charge in [0.15, 0.2) is 0 Å². The number of alkyl halides is 6. The number of sulfonamides is 1. The highest BCUT2D eigenvalue weighted by molar-refractivity contribution is 7.92. The van der Waals surface area contributed by atoms with Crippen LogP contribution in [-0.2, 0) is 22.4 Å². The fourth-order valence-corrected chi connectivity index (χ4v) is 2.84. The highest BCUT2D eigenvalue weighted by Crippen LogP contribution is 2.37. The molecule has 2 rings (SSSR count). The van der Waals surface area contributed by atoms with Gasteiger partial charge in [0.2, 0.25) is 0 Å². The highest BCUT2D eigenvalue weighted by Gasteiger charge is 2.38. The van der Waals surface area contributed by atoms with Gasteiger partial charge in [0.25, 0.3) is 10.0 Å². The van der Waals surface area contributed by atoms with Crippen LogP contribution in [0, 0.1) is 6.07 Å². The van der Waals surface area contributed by atoms with Crippen molar-refractivity contribution in [2.45, 2.75) is 17.2 Å². The van der Waals surface area contributed by atoms with Crippen LogP contribution < -0.4 is 4.72 Å². The van der Waals surface area contributed by atoms with E-state index >= 15 is 0 Å². The summed E-state index contributed by atoms with van der Waals surface area (Å²) in [5.74, 6) is 0. The van der Waals surface area contributed by atoms with Crippen LogP contribution in [0.25, 0.3) is 0 Å². The first kappa shape index (κ1) is 18.1. The maximum Gasteiger partial charge on any atom is 0.416 e. The molecule has 2 aromatic carbocycles. The van der Waals surface area contributed by atoms with Crippen LogP contribution in [0.1, 0.15) is 11.1 Å². The van der Waals surface area contributed by atoms with Crippen molar-refractivity contribution < 1.29 is 34.8 Å². The van der Waals surface area contributed by atoms with E-state index in [4.69, 9.17) is 0 Å². The third kappa shape index (κ3) is 4.19. The van der Waals surface area contributed by atoms with Crippen LogP contribution in [0.2, 0.25) is 0 Å². The van der Waals surface area contributed by atoms with Gasteiger partial charge >= 0.3 is 12.4 Å². The maximum atomic E-state index is 12.8. The average Bonchev–Trinajstić information content (AvgIpc) is 2.45. The van der Waals surface area contributed by atoms with Crippen LogP contribution in [-0.4, -0.2) is 8.42 Å². The monoisotopic (exact) mass is 368 g/mol. The number of rotatable bonds is 3. The van der Waals surface area contributed by atoms with E-state index in [0.29, 0.717) is 0 Å². The molecule has 0 amide bonds. The Hall–Kier alpha value is -2.23. The minimum absolute atomic E-state index is 0.122. The van der Waals surface area contributed by atoms with E-state index in [9.17, 15) is 34.8 Å². The summed E-state index contributed by atoms with van der Waals surface area (Å²) in [6, 6.07) is 8.08. The Morgan fingerprint density at radius 1 is 0.875 bits per heavy atom. The highest BCUT2D eigenvalue weighted by atomic mass is 32.2. The zero-order valence-corrected chi connectivity index (χ0v) is 12.4. The van der Waals surface area contributed by atoms with E-state index in [1.54, 1.807) is 0 Å².